The van der Waals surface area contributed by atoms with Gasteiger partial charge in [-0.25, -0.2) is 0 Å². The number of rotatable bonds is 6. The summed E-state index contributed by atoms with van der Waals surface area (Å²) >= 11 is 3.36. The molecule has 7 heteroatoms. The van der Waals surface area contributed by atoms with Crippen molar-refractivity contribution in [2.75, 3.05) is 12.4 Å². The molecule has 0 aromatic heterocycles. The monoisotopic (exact) mass is 398 g/mol. The summed E-state index contributed by atoms with van der Waals surface area (Å²) < 4.78 is 30.4. The number of ether oxygens (including phenoxy) is 1. The smallest absolute Gasteiger partial charge is 0.387 e. The number of halogens is 3. The maximum Gasteiger partial charge on any atom is 0.387 e. The summed E-state index contributed by atoms with van der Waals surface area (Å²) in [5.41, 5.74) is 2.56. The fraction of sp³-hybridized carbons (Fsp3) is 0.235. The van der Waals surface area contributed by atoms with Crippen molar-refractivity contribution in [3.8, 4) is 5.75 Å². The molecule has 4 nitrogen and oxygen atoms in total. The zero-order valence-corrected chi connectivity index (χ0v) is 14.8. The third-order valence-electron chi connectivity index (χ3n) is 3.35. The highest BCUT2D eigenvalue weighted by molar-refractivity contribution is 9.10. The standard InChI is InChI=1S/C17H17BrF2N2O2/c1-10-3-6-15(24-17(19)20)11(7-10)9-22-14-8-12(18)4-5-13(14)16(23)21-2/h3-8,17,22H,9H2,1-2H3,(H,21,23). The molecule has 0 aliphatic heterocycles. The van der Waals surface area contributed by atoms with E-state index >= 15 is 0 Å². The SMILES string of the molecule is CNC(=O)c1ccc(Br)cc1NCc1cc(C)ccc1OC(F)F. The van der Waals surface area contributed by atoms with Gasteiger partial charge in [0, 0.05) is 29.3 Å². The number of alkyl halides is 2. The van der Waals surface area contributed by atoms with Crippen LogP contribution in [0.15, 0.2) is 40.9 Å². The van der Waals surface area contributed by atoms with Crippen molar-refractivity contribution in [2.45, 2.75) is 20.1 Å². The normalized spacial score (nSPS) is 10.6. The predicted molar refractivity (Wildman–Crippen MR) is 92.7 cm³/mol. The van der Waals surface area contributed by atoms with Crippen molar-refractivity contribution < 1.29 is 18.3 Å². The summed E-state index contributed by atoms with van der Waals surface area (Å²) in [5, 5.41) is 5.68. The summed E-state index contributed by atoms with van der Waals surface area (Å²) in [7, 11) is 1.54. The Morgan fingerprint density at radius 3 is 2.67 bits per heavy atom. The second kappa shape index (κ2) is 8.10. The molecular weight excluding hydrogens is 382 g/mol. The van der Waals surface area contributed by atoms with Crippen LogP contribution >= 0.6 is 15.9 Å². The largest absolute Gasteiger partial charge is 0.434 e. The van der Waals surface area contributed by atoms with Crippen molar-refractivity contribution >= 4 is 27.5 Å². The molecule has 0 radical (unpaired) electrons. The molecule has 2 aromatic carbocycles. The van der Waals surface area contributed by atoms with Crippen LogP contribution < -0.4 is 15.4 Å². The first-order valence-electron chi connectivity index (χ1n) is 7.20. The van der Waals surface area contributed by atoms with Gasteiger partial charge in [0.2, 0.25) is 0 Å². The molecule has 24 heavy (non-hydrogen) atoms. The van der Waals surface area contributed by atoms with E-state index in [1.807, 2.05) is 6.92 Å². The van der Waals surface area contributed by atoms with Crippen LogP contribution in [0.25, 0.3) is 0 Å². The minimum absolute atomic E-state index is 0.111. The van der Waals surface area contributed by atoms with E-state index in [9.17, 15) is 13.6 Å². The van der Waals surface area contributed by atoms with E-state index in [1.54, 1.807) is 37.4 Å². The average molecular weight is 399 g/mol. The quantitative estimate of drug-likeness (QED) is 0.761. The molecule has 0 bridgehead atoms. The van der Waals surface area contributed by atoms with Gasteiger partial charge in [0.25, 0.3) is 5.91 Å². The van der Waals surface area contributed by atoms with Gasteiger partial charge in [-0.05, 0) is 31.2 Å². The van der Waals surface area contributed by atoms with Gasteiger partial charge in [0.15, 0.2) is 0 Å². The number of amides is 1. The number of carbonyl (C=O) groups is 1. The molecule has 0 saturated heterocycles. The molecule has 0 aliphatic carbocycles. The number of hydrogen-bond donors (Lipinski definition) is 2. The summed E-state index contributed by atoms with van der Waals surface area (Å²) in [6, 6.07) is 10.2. The minimum Gasteiger partial charge on any atom is -0.434 e. The Morgan fingerprint density at radius 1 is 1.25 bits per heavy atom. The van der Waals surface area contributed by atoms with Crippen LogP contribution in [0.1, 0.15) is 21.5 Å². The lowest BCUT2D eigenvalue weighted by Gasteiger charge is -2.15. The Labute approximate surface area is 147 Å². The van der Waals surface area contributed by atoms with Crippen LogP contribution in [0.4, 0.5) is 14.5 Å². The van der Waals surface area contributed by atoms with E-state index in [0.29, 0.717) is 16.8 Å². The van der Waals surface area contributed by atoms with Crippen molar-refractivity contribution in [1.29, 1.82) is 0 Å². The Morgan fingerprint density at radius 2 is 2.00 bits per heavy atom. The van der Waals surface area contributed by atoms with Crippen LogP contribution in [0.2, 0.25) is 0 Å². The number of anilines is 1. The Kier molecular flexibility index (Phi) is 6.14. The van der Waals surface area contributed by atoms with Gasteiger partial charge in [0.05, 0.1) is 5.56 Å². The van der Waals surface area contributed by atoms with Crippen molar-refractivity contribution in [2.24, 2.45) is 0 Å². The Hall–Kier alpha value is -2.15. The van der Waals surface area contributed by atoms with E-state index in [2.05, 4.69) is 31.3 Å². The zero-order valence-electron chi connectivity index (χ0n) is 13.2. The van der Waals surface area contributed by atoms with Crippen LogP contribution in [0, 0.1) is 6.92 Å². The first-order chi connectivity index (χ1) is 11.4. The van der Waals surface area contributed by atoms with Gasteiger partial charge in [-0.1, -0.05) is 33.6 Å². The molecule has 0 heterocycles. The van der Waals surface area contributed by atoms with Gasteiger partial charge in [0.1, 0.15) is 5.75 Å². The fourth-order valence-electron chi connectivity index (χ4n) is 2.24. The molecule has 0 unspecified atom stereocenters. The van der Waals surface area contributed by atoms with E-state index in [4.69, 9.17) is 0 Å². The van der Waals surface area contributed by atoms with Crippen LogP contribution in [-0.2, 0) is 6.54 Å². The summed E-state index contributed by atoms with van der Waals surface area (Å²) in [6.45, 7) is -0.784. The molecule has 0 fully saturated rings. The molecule has 2 aromatic rings. The number of nitrogens with one attached hydrogen (secondary N) is 2. The number of carbonyl (C=O) groups excluding carboxylic acids is 1. The first kappa shape index (κ1) is 18.2. The van der Waals surface area contributed by atoms with Crippen molar-refractivity contribution in [3.63, 3.8) is 0 Å². The Balaban J connectivity index is 2.26. The summed E-state index contributed by atoms with van der Waals surface area (Å²) in [6.07, 6.45) is 0. The van der Waals surface area contributed by atoms with Crippen LogP contribution in [-0.4, -0.2) is 19.6 Å². The maximum absolute atomic E-state index is 12.5. The molecule has 2 N–H and O–H groups in total. The summed E-state index contributed by atoms with van der Waals surface area (Å²) in [5.74, 6) is -0.127. The minimum atomic E-state index is -2.89. The van der Waals surface area contributed by atoms with Crippen molar-refractivity contribution in [3.05, 3.63) is 57.6 Å². The second-order valence-corrected chi connectivity index (χ2v) is 6.03. The molecular formula is C17H17BrF2N2O2. The van der Waals surface area contributed by atoms with E-state index in [0.717, 1.165) is 10.0 Å². The molecule has 2 rings (SSSR count). The van der Waals surface area contributed by atoms with Crippen LogP contribution in [0.3, 0.4) is 0 Å². The first-order valence-corrected chi connectivity index (χ1v) is 8.00. The summed E-state index contributed by atoms with van der Waals surface area (Å²) in [4.78, 5) is 11.9. The third kappa shape index (κ3) is 4.67. The molecule has 0 aliphatic rings. The molecule has 1 amide bonds. The Bertz CT molecular complexity index is 739. The van der Waals surface area contributed by atoms with Gasteiger partial charge < -0.3 is 15.4 Å². The van der Waals surface area contributed by atoms with Crippen molar-refractivity contribution in [1.82, 2.24) is 5.32 Å². The number of aryl methyl sites for hydroxylation is 1. The third-order valence-corrected chi connectivity index (χ3v) is 3.85. The average Bonchev–Trinajstić information content (AvgIpc) is 2.54. The lowest BCUT2D eigenvalue weighted by atomic mass is 10.1. The molecule has 0 saturated carbocycles. The van der Waals surface area contributed by atoms with Gasteiger partial charge >= 0.3 is 6.61 Å². The number of hydrogen-bond acceptors (Lipinski definition) is 3. The lowest BCUT2D eigenvalue weighted by molar-refractivity contribution is -0.0504. The zero-order chi connectivity index (χ0) is 17.7. The van der Waals surface area contributed by atoms with Crippen LogP contribution in [0.5, 0.6) is 5.75 Å². The highest BCUT2D eigenvalue weighted by atomic mass is 79.9. The van der Waals surface area contributed by atoms with E-state index in [1.165, 1.54) is 6.07 Å². The van der Waals surface area contributed by atoms with Gasteiger partial charge in [-0.15, -0.1) is 0 Å². The predicted octanol–water partition coefficient (Wildman–Crippen LogP) is 4.33. The van der Waals surface area contributed by atoms with E-state index < -0.39 is 6.61 Å². The lowest BCUT2D eigenvalue weighted by Crippen LogP contribution is -2.19. The second-order valence-electron chi connectivity index (χ2n) is 5.11. The molecule has 0 atom stereocenters. The van der Waals surface area contributed by atoms with Gasteiger partial charge in [-0.3, -0.25) is 4.79 Å². The highest BCUT2D eigenvalue weighted by Crippen LogP contribution is 2.26. The van der Waals surface area contributed by atoms with Gasteiger partial charge in [-0.2, -0.15) is 8.78 Å². The topological polar surface area (TPSA) is 50.4 Å². The molecule has 128 valence electrons. The van der Waals surface area contributed by atoms with E-state index in [-0.39, 0.29) is 18.2 Å². The molecule has 0 spiro atoms. The highest BCUT2D eigenvalue weighted by Gasteiger charge is 2.13. The maximum atomic E-state index is 12.5. The fourth-order valence-corrected chi connectivity index (χ4v) is 2.60. The number of benzene rings is 2.